The standard InChI is InChI=1S/C17H28N2O/c1-4-15-6-8-16(9-7-15)19(3)13-17(12-18-5-2)10-11-20-14-17/h6-9,18H,4-5,10-14H2,1-3H3. The monoisotopic (exact) mass is 276 g/mol. The third-order valence-corrected chi connectivity index (χ3v) is 4.29. The third kappa shape index (κ3) is 3.74. The second-order valence-corrected chi connectivity index (χ2v) is 5.96. The minimum absolute atomic E-state index is 0.258. The topological polar surface area (TPSA) is 24.5 Å². The molecule has 1 N–H and O–H groups in total. The van der Waals surface area contributed by atoms with Gasteiger partial charge in [-0.1, -0.05) is 26.0 Å². The summed E-state index contributed by atoms with van der Waals surface area (Å²) in [6.07, 6.45) is 2.25. The zero-order chi connectivity index (χ0) is 14.4. The molecule has 0 aromatic heterocycles. The van der Waals surface area contributed by atoms with Gasteiger partial charge in [0.05, 0.1) is 6.61 Å². The van der Waals surface area contributed by atoms with Crippen LogP contribution in [-0.2, 0) is 11.2 Å². The minimum atomic E-state index is 0.258. The van der Waals surface area contributed by atoms with E-state index >= 15 is 0 Å². The van der Waals surface area contributed by atoms with Crippen molar-refractivity contribution in [1.29, 1.82) is 0 Å². The van der Waals surface area contributed by atoms with E-state index in [1.807, 2.05) is 0 Å². The molecule has 0 radical (unpaired) electrons. The fourth-order valence-electron chi connectivity index (χ4n) is 2.94. The molecule has 0 amide bonds. The molecule has 0 aliphatic carbocycles. The fourth-order valence-corrected chi connectivity index (χ4v) is 2.94. The smallest absolute Gasteiger partial charge is 0.0552 e. The molecule has 0 bridgehead atoms. The van der Waals surface area contributed by atoms with Crippen LogP contribution >= 0.6 is 0 Å². The number of benzene rings is 1. The number of nitrogens with zero attached hydrogens (tertiary/aromatic N) is 1. The van der Waals surface area contributed by atoms with Crippen molar-refractivity contribution in [3.05, 3.63) is 29.8 Å². The number of anilines is 1. The van der Waals surface area contributed by atoms with Gasteiger partial charge in [0.25, 0.3) is 0 Å². The van der Waals surface area contributed by atoms with Crippen molar-refractivity contribution < 1.29 is 4.74 Å². The van der Waals surface area contributed by atoms with Gasteiger partial charge in [-0.05, 0) is 37.1 Å². The quantitative estimate of drug-likeness (QED) is 0.828. The molecule has 1 saturated heterocycles. The van der Waals surface area contributed by atoms with E-state index in [9.17, 15) is 0 Å². The molecule has 1 fully saturated rings. The summed E-state index contributed by atoms with van der Waals surface area (Å²) in [6, 6.07) is 8.92. The van der Waals surface area contributed by atoms with Crippen molar-refractivity contribution in [2.45, 2.75) is 26.7 Å². The first-order valence-corrected chi connectivity index (χ1v) is 7.77. The van der Waals surface area contributed by atoms with Gasteiger partial charge in [0.2, 0.25) is 0 Å². The zero-order valence-electron chi connectivity index (χ0n) is 13.1. The average Bonchev–Trinajstić information content (AvgIpc) is 2.94. The first-order valence-electron chi connectivity index (χ1n) is 7.77. The number of nitrogens with one attached hydrogen (secondary N) is 1. The molecule has 1 aromatic rings. The SMILES string of the molecule is CCNCC1(CN(C)c2ccc(CC)cc2)CCOC1. The maximum Gasteiger partial charge on any atom is 0.0552 e. The van der Waals surface area contributed by atoms with Crippen LogP contribution < -0.4 is 10.2 Å². The summed E-state index contributed by atoms with van der Waals surface area (Å²) in [5.74, 6) is 0. The van der Waals surface area contributed by atoms with Crippen molar-refractivity contribution in [2.75, 3.05) is 44.8 Å². The number of rotatable bonds is 7. The van der Waals surface area contributed by atoms with Crippen LogP contribution in [0.25, 0.3) is 0 Å². The summed E-state index contributed by atoms with van der Waals surface area (Å²) in [5, 5.41) is 3.50. The Hall–Kier alpha value is -1.06. The third-order valence-electron chi connectivity index (χ3n) is 4.29. The molecule has 1 atom stereocenters. The molecule has 2 rings (SSSR count). The Labute approximate surface area is 123 Å². The van der Waals surface area contributed by atoms with Crippen LogP contribution in [0.15, 0.2) is 24.3 Å². The van der Waals surface area contributed by atoms with Gasteiger partial charge in [-0.15, -0.1) is 0 Å². The van der Waals surface area contributed by atoms with E-state index in [2.05, 4.69) is 55.4 Å². The van der Waals surface area contributed by atoms with Crippen molar-refractivity contribution in [1.82, 2.24) is 5.32 Å². The number of aryl methyl sites for hydroxylation is 1. The Balaban J connectivity index is 2.01. The van der Waals surface area contributed by atoms with Crippen LogP contribution in [-0.4, -0.2) is 39.9 Å². The Kier molecular flexibility index (Phi) is 5.44. The molecule has 0 saturated carbocycles. The minimum Gasteiger partial charge on any atom is -0.381 e. The molecule has 1 aliphatic rings. The van der Waals surface area contributed by atoms with E-state index in [1.54, 1.807) is 0 Å². The highest BCUT2D eigenvalue weighted by Gasteiger charge is 2.35. The van der Waals surface area contributed by atoms with Crippen LogP contribution in [0.1, 0.15) is 25.8 Å². The molecular formula is C17H28N2O. The van der Waals surface area contributed by atoms with Gasteiger partial charge in [-0.25, -0.2) is 0 Å². The normalized spacial score (nSPS) is 22.1. The van der Waals surface area contributed by atoms with Crippen molar-refractivity contribution >= 4 is 5.69 Å². The van der Waals surface area contributed by atoms with Crippen molar-refractivity contribution in [2.24, 2.45) is 5.41 Å². The average molecular weight is 276 g/mol. The molecule has 1 aliphatic heterocycles. The Morgan fingerprint density at radius 3 is 2.55 bits per heavy atom. The first kappa shape index (κ1) is 15.3. The van der Waals surface area contributed by atoms with Gasteiger partial charge in [0, 0.05) is 37.8 Å². The van der Waals surface area contributed by atoms with Crippen molar-refractivity contribution in [3.63, 3.8) is 0 Å². The summed E-state index contributed by atoms with van der Waals surface area (Å²) in [6.45, 7) is 9.24. The van der Waals surface area contributed by atoms with Crippen LogP contribution in [0.2, 0.25) is 0 Å². The van der Waals surface area contributed by atoms with Gasteiger partial charge < -0.3 is 15.0 Å². The van der Waals surface area contributed by atoms with Gasteiger partial charge in [-0.3, -0.25) is 0 Å². The van der Waals surface area contributed by atoms with E-state index in [1.165, 1.54) is 11.3 Å². The lowest BCUT2D eigenvalue weighted by molar-refractivity contribution is 0.153. The highest BCUT2D eigenvalue weighted by atomic mass is 16.5. The van der Waals surface area contributed by atoms with Crippen LogP contribution in [0.4, 0.5) is 5.69 Å². The van der Waals surface area contributed by atoms with E-state index in [0.29, 0.717) is 0 Å². The second kappa shape index (κ2) is 7.09. The van der Waals surface area contributed by atoms with Crippen LogP contribution in [0, 0.1) is 5.41 Å². The van der Waals surface area contributed by atoms with Crippen LogP contribution in [0.5, 0.6) is 0 Å². The Bertz CT molecular complexity index is 396. The zero-order valence-corrected chi connectivity index (χ0v) is 13.1. The maximum absolute atomic E-state index is 5.66. The van der Waals surface area contributed by atoms with E-state index in [0.717, 1.165) is 45.7 Å². The maximum atomic E-state index is 5.66. The summed E-state index contributed by atoms with van der Waals surface area (Å²) < 4.78 is 5.66. The lowest BCUT2D eigenvalue weighted by Gasteiger charge is -2.33. The lowest BCUT2D eigenvalue weighted by Crippen LogP contribution is -2.43. The molecule has 3 nitrogen and oxygen atoms in total. The van der Waals surface area contributed by atoms with Gasteiger partial charge in [0.1, 0.15) is 0 Å². The Morgan fingerprint density at radius 2 is 2.00 bits per heavy atom. The molecular weight excluding hydrogens is 248 g/mol. The summed E-state index contributed by atoms with van der Waals surface area (Å²) in [7, 11) is 2.19. The molecule has 1 unspecified atom stereocenters. The highest BCUT2D eigenvalue weighted by molar-refractivity contribution is 5.47. The predicted octanol–water partition coefficient (Wildman–Crippen LogP) is 2.70. The van der Waals surface area contributed by atoms with Gasteiger partial charge >= 0.3 is 0 Å². The predicted molar refractivity (Wildman–Crippen MR) is 85.5 cm³/mol. The van der Waals surface area contributed by atoms with Gasteiger partial charge in [-0.2, -0.15) is 0 Å². The molecule has 1 aromatic carbocycles. The highest BCUT2D eigenvalue weighted by Crippen LogP contribution is 2.30. The summed E-state index contributed by atoms with van der Waals surface area (Å²) >= 11 is 0. The number of hydrogen-bond acceptors (Lipinski definition) is 3. The van der Waals surface area contributed by atoms with E-state index < -0.39 is 0 Å². The first-order chi connectivity index (χ1) is 9.69. The molecule has 1 heterocycles. The van der Waals surface area contributed by atoms with Crippen molar-refractivity contribution in [3.8, 4) is 0 Å². The lowest BCUT2D eigenvalue weighted by atomic mass is 9.86. The second-order valence-electron chi connectivity index (χ2n) is 5.96. The van der Waals surface area contributed by atoms with Crippen LogP contribution in [0.3, 0.4) is 0 Å². The summed E-state index contributed by atoms with van der Waals surface area (Å²) in [5.41, 5.74) is 2.95. The molecule has 20 heavy (non-hydrogen) atoms. The summed E-state index contributed by atoms with van der Waals surface area (Å²) in [4.78, 5) is 2.37. The largest absolute Gasteiger partial charge is 0.381 e. The number of hydrogen-bond donors (Lipinski definition) is 1. The fraction of sp³-hybridized carbons (Fsp3) is 0.647. The molecule has 112 valence electrons. The molecule has 0 spiro atoms. The molecule has 3 heteroatoms. The number of ether oxygens (including phenoxy) is 1. The van der Waals surface area contributed by atoms with E-state index in [4.69, 9.17) is 4.74 Å². The van der Waals surface area contributed by atoms with Gasteiger partial charge in [0.15, 0.2) is 0 Å². The Morgan fingerprint density at radius 1 is 1.25 bits per heavy atom. The van der Waals surface area contributed by atoms with E-state index in [-0.39, 0.29) is 5.41 Å².